The second kappa shape index (κ2) is 13.0. The summed E-state index contributed by atoms with van der Waals surface area (Å²) in [6, 6.07) is 67.3. The van der Waals surface area contributed by atoms with Crippen molar-refractivity contribution in [1.82, 2.24) is 29.1 Å². The Hall–Kier alpha value is -7.70. The van der Waals surface area contributed by atoms with Crippen LogP contribution in [-0.4, -0.2) is 29.1 Å². The molecule has 6 heteroatoms. The molecule has 0 unspecified atom stereocenters. The van der Waals surface area contributed by atoms with Gasteiger partial charge in [0, 0.05) is 43.8 Å². The van der Waals surface area contributed by atoms with Crippen LogP contribution in [0.25, 0.3) is 101 Å². The molecule has 7 aromatic carbocycles. The molecule has 0 spiro atoms. The minimum atomic E-state index is 0.565. The number of nitrogens with zero attached hydrogens (tertiary/aromatic N) is 6. The van der Waals surface area contributed by atoms with Crippen molar-refractivity contribution in [2.24, 2.45) is 0 Å². The Morgan fingerprint density at radius 1 is 0.321 bits per heavy atom. The zero-order chi connectivity index (χ0) is 37.0. The lowest BCUT2D eigenvalue weighted by molar-refractivity contribution is 0.955. The largest absolute Gasteiger partial charge is 0.309 e. The fourth-order valence-electron chi connectivity index (χ4n) is 8.05. The second-order valence-electron chi connectivity index (χ2n) is 13.9. The van der Waals surface area contributed by atoms with E-state index in [4.69, 9.17) is 19.9 Å². The lowest BCUT2D eigenvalue weighted by Gasteiger charge is -2.13. The number of rotatable bonds is 6. The molecular formula is C50H32N6. The Morgan fingerprint density at radius 2 is 0.786 bits per heavy atom. The van der Waals surface area contributed by atoms with Gasteiger partial charge in [0.15, 0.2) is 11.6 Å². The van der Waals surface area contributed by atoms with E-state index in [1.54, 1.807) is 0 Å². The van der Waals surface area contributed by atoms with Gasteiger partial charge in [-0.2, -0.15) is 9.97 Å². The summed E-state index contributed by atoms with van der Waals surface area (Å²) in [4.78, 5) is 20.7. The van der Waals surface area contributed by atoms with Crippen molar-refractivity contribution >= 4 is 43.6 Å². The summed E-state index contributed by atoms with van der Waals surface area (Å²) in [7, 11) is 0. The van der Waals surface area contributed by atoms with E-state index in [0.29, 0.717) is 17.6 Å². The van der Waals surface area contributed by atoms with Crippen molar-refractivity contribution in [3.63, 3.8) is 0 Å². The summed E-state index contributed by atoms with van der Waals surface area (Å²) >= 11 is 0. The van der Waals surface area contributed by atoms with E-state index in [1.807, 2.05) is 72.8 Å². The third-order valence-electron chi connectivity index (χ3n) is 10.6. The molecule has 4 aromatic heterocycles. The lowest BCUT2D eigenvalue weighted by Crippen LogP contribution is -2.06. The number of fused-ring (bicyclic) bond motifs is 7. The van der Waals surface area contributed by atoms with E-state index < -0.39 is 0 Å². The van der Waals surface area contributed by atoms with Gasteiger partial charge in [-0.25, -0.2) is 9.97 Å². The Balaban J connectivity index is 1.25. The Kier molecular flexibility index (Phi) is 7.38. The molecule has 0 aliphatic carbocycles. The number of para-hydroxylation sites is 2. The van der Waals surface area contributed by atoms with E-state index in [-0.39, 0.29) is 0 Å². The summed E-state index contributed by atoms with van der Waals surface area (Å²) in [5.41, 5.74) is 11.1. The number of hydrogen-bond donors (Lipinski definition) is 0. The van der Waals surface area contributed by atoms with Crippen LogP contribution in [-0.2, 0) is 0 Å². The fraction of sp³-hybridized carbons (Fsp3) is 0. The zero-order valence-electron chi connectivity index (χ0n) is 30.2. The highest BCUT2D eigenvalue weighted by molar-refractivity contribution is 6.26. The molecule has 0 saturated heterocycles. The van der Waals surface area contributed by atoms with Crippen LogP contribution in [0.2, 0.25) is 0 Å². The van der Waals surface area contributed by atoms with Crippen LogP contribution in [0, 0.1) is 0 Å². The van der Waals surface area contributed by atoms with E-state index in [2.05, 4.69) is 130 Å². The van der Waals surface area contributed by atoms with Crippen molar-refractivity contribution in [2.75, 3.05) is 0 Å². The highest BCUT2D eigenvalue weighted by Gasteiger charge is 2.23. The minimum Gasteiger partial charge on any atom is -0.309 e. The molecule has 0 fully saturated rings. The van der Waals surface area contributed by atoms with Gasteiger partial charge < -0.3 is 4.57 Å². The molecule has 0 aliphatic rings. The fourth-order valence-corrected chi connectivity index (χ4v) is 8.05. The van der Waals surface area contributed by atoms with Gasteiger partial charge in [0.2, 0.25) is 5.95 Å². The maximum Gasteiger partial charge on any atom is 0.238 e. The van der Waals surface area contributed by atoms with Gasteiger partial charge in [0.05, 0.1) is 39.1 Å². The van der Waals surface area contributed by atoms with Crippen molar-refractivity contribution in [1.29, 1.82) is 0 Å². The molecule has 0 aliphatic heterocycles. The molecule has 0 N–H and O–H groups in total. The van der Waals surface area contributed by atoms with Gasteiger partial charge in [-0.1, -0.05) is 164 Å². The van der Waals surface area contributed by atoms with Crippen LogP contribution in [0.4, 0.5) is 0 Å². The van der Waals surface area contributed by atoms with Crippen LogP contribution in [0.5, 0.6) is 0 Å². The summed E-state index contributed by atoms with van der Waals surface area (Å²) in [6.45, 7) is 0. The topological polar surface area (TPSA) is 61.4 Å². The van der Waals surface area contributed by atoms with E-state index >= 15 is 0 Å². The van der Waals surface area contributed by atoms with E-state index in [1.165, 1.54) is 0 Å². The minimum absolute atomic E-state index is 0.565. The third kappa shape index (κ3) is 5.19. The molecule has 0 bridgehead atoms. The van der Waals surface area contributed by atoms with Gasteiger partial charge in [0.1, 0.15) is 0 Å². The summed E-state index contributed by atoms with van der Waals surface area (Å²) in [6.07, 6.45) is 0. The normalized spacial score (nSPS) is 11.6. The number of benzene rings is 7. The quantitative estimate of drug-likeness (QED) is 0.172. The zero-order valence-corrected chi connectivity index (χ0v) is 30.2. The maximum atomic E-state index is 5.24. The van der Waals surface area contributed by atoms with Gasteiger partial charge in [-0.05, 0) is 30.3 Å². The highest BCUT2D eigenvalue weighted by Crippen LogP contribution is 2.42. The molecule has 262 valence electrons. The lowest BCUT2D eigenvalue weighted by atomic mass is 10.1. The molecule has 56 heavy (non-hydrogen) atoms. The van der Waals surface area contributed by atoms with Crippen molar-refractivity contribution in [3.8, 4) is 56.9 Å². The van der Waals surface area contributed by atoms with Crippen LogP contribution >= 0.6 is 0 Å². The molecular weight excluding hydrogens is 685 g/mol. The Bertz CT molecular complexity index is 3110. The predicted molar refractivity (Wildman–Crippen MR) is 228 cm³/mol. The number of hydrogen-bond acceptors (Lipinski definition) is 4. The second-order valence-corrected chi connectivity index (χ2v) is 13.9. The summed E-state index contributed by atoms with van der Waals surface area (Å²) in [5, 5.41) is 4.52. The van der Waals surface area contributed by atoms with Gasteiger partial charge in [0.25, 0.3) is 0 Å². The average molecular weight is 717 g/mol. The van der Waals surface area contributed by atoms with Gasteiger partial charge in [-0.15, -0.1) is 0 Å². The number of aromatic nitrogens is 6. The van der Waals surface area contributed by atoms with E-state index in [9.17, 15) is 0 Å². The first-order valence-corrected chi connectivity index (χ1v) is 18.7. The molecule has 11 rings (SSSR count). The Morgan fingerprint density at radius 3 is 1.34 bits per heavy atom. The standard InChI is InChI=1S/C50H32N6/c1-5-17-33(18-6-1)41-31-37(32-42(51-41)34-19-7-2-8-20-34)55-44-28-16-14-26-40(44)46-45(55)30-29-39-38-25-13-15-27-43(38)56(47(39)46)50-53-48(35-21-9-3-10-22-35)52-49(54-50)36-23-11-4-12-24-36/h1-32H. The maximum absolute atomic E-state index is 5.24. The van der Waals surface area contributed by atoms with Crippen LogP contribution < -0.4 is 0 Å². The average Bonchev–Trinajstić information content (AvgIpc) is 3.80. The first-order chi connectivity index (χ1) is 27.8. The van der Waals surface area contributed by atoms with Crippen molar-refractivity contribution < 1.29 is 0 Å². The monoisotopic (exact) mass is 716 g/mol. The summed E-state index contributed by atoms with van der Waals surface area (Å²) in [5.74, 6) is 1.80. The molecule has 0 saturated carbocycles. The van der Waals surface area contributed by atoms with Crippen LogP contribution in [0.15, 0.2) is 194 Å². The molecule has 0 atom stereocenters. The smallest absolute Gasteiger partial charge is 0.238 e. The van der Waals surface area contributed by atoms with E-state index in [0.717, 1.165) is 82.9 Å². The van der Waals surface area contributed by atoms with Gasteiger partial charge >= 0.3 is 0 Å². The molecule has 4 heterocycles. The molecule has 6 nitrogen and oxygen atoms in total. The van der Waals surface area contributed by atoms with Crippen LogP contribution in [0.1, 0.15) is 0 Å². The highest BCUT2D eigenvalue weighted by atomic mass is 15.2. The van der Waals surface area contributed by atoms with Gasteiger partial charge in [-0.3, -0.25) is 4.57 Å². The first kappa shape index (κ1) is 31.8. The summed E-state index contributed by atoms with van der Waals surface area (Å²) < 4.78 is 4.62. The van der Waals surface area contributed by atoms with Crippen molar-refractivity contribution in [2.45, 2.75) is 0 Å². The first-order valence-electron chi connectivity index (χ1n) is 18.7. The van der Waals surface area contributed by atoms with Crippen molar-refractivity contribution in [3.05, 3.63) is 194 Å². The molecule has 11 aromatic rings. The molecule has 0 amide bonds. The predicted octanol–water partition coefficient (Wildman–Crippen LogP) is 12.1. The third-order valence-corrected chi connectivity index (χ3v) is 10.6. The molecule has 0 radical (unpaired) electrons. The number of pyridine rings is 1. The SMILES string of the molecule is c1ccc(-c2cc(-n3c4ccccc4c4c3ccc3c5ccccc5n(-c5nc(-c6ccccc6)nc(-c6ccccc6)n5)c34)cc(-c3ccccc3)n2)cc1. The Labute approximate surface area is 322 Å². The van der Waals surface area contributed by atoms with Crippen LogP contribution in [0.3, 0.4) is 0 Å².